The molecule has 27 heavy (non-hydrogen) atoms. The van der Waals surface area contributed by atoms with E-state index in [2.05, 4.69) is 44.5 Å². The first kappa shape index (κ1) is 21.3. The van der Waals surface area contributed by atoms with Crippen LogP contribution in [0.2, 0.25) is 0 Å². The molecule has 0 spiro atoms. The van der Waals surface area contributed by atoms with E-state index >= 15 is 0 Å². The Labute approximate surface area is 171 Å². The Morgan fingerprint density at radius 1 is 1.59 bits per heavy atom. The van der Waals surface area contributed by atoms with Crippen molar-refractivity contribution < 1.29 is 14.0 Å². The summed E-state index contributed by atoms with van der Waals surface area (Å²) in [6.07, 6.45) is 4.54. The first-order valence-corrected chi connectivity index (χ1v) is 9.76. The number of primary amides is 1. The molecule has 0 saturated carbocycles. The van der Waals surface area contributed by atoms with E-state index in [4.69, 9.17) is 5.73 Å². The average Bonchev–Trinajstić information content (AvgIpc) is 3.02. The maximum atomic E-state index is 13.8. The van der Waals surface area contributed by atoms with E-state index in [-0.39, 0.29) is 11.5 Å². The zero-order valence-electron chi connectivity index (χ0n) is 15.2. The second-order valence-corrected chi connectivity index (χ2v) is 7.38. The summed E-state index contributed by atoms with van der Waals surface area (Å²) in [7, 11) is 0. The normalized spacial score (nSPS) is 16.1. The third-order valence-corrected chi connectivity index (χ3v) is 5.30. The topological polar surface area (TPSA) is 101 Å². The van der Waals surface area contributed by atoms with Gasteiger partial charge >= 0.3 is 0 Å². The molecule has 0 bridgehead atoms. The lowest BCUT2D eigenvalue weighted by Crippen LogP contribution is -2.30. The second kappa shape index (κ2) is 9.77. The highest BCUT2D eigenvalue weighted by molar-refractivity contribution is 14.1. The maximum absolute atomic E-state index is 13.8. The van der Waals surface area contributed by atoms with E-state index in [1.165, 1.54) is 0 Å². The maximum Gasteiger partial charge on any atom is 0.247 e. The van der Waals surface area contributed by atoms with E-state index in [1.807, 2.05) is 4.90 Å². The van der Waals surface area contributed by atoms with Gasteiger partial charge in [-0.05, 0) is 47.4 Å². The fourth-order valence-electron chi connectivity index (χ4n) is 2.99. The highest BCUT2D eigenvalue weighted by Crippen LogP contribution is 2.23. The molecule has 2 heterocycles. The Morgan fingerprint density at radius 3 is 2.89 bits per heavy atom. The Hall–Kier alpha value is -2.04. The highest BCUT2D eigenvalue weighted by atomic mass is 127. The molecule has 1 aliphatic rings. The van der Waals surface area contributed by atoms with Gasteiger partial charge in [0.05, 0.1) is 5.57 Å². The molecule has 0 radical (unpaired) electrons. The molecular formula is C18H23FIN5O2. The number of anilines is 1. The van der Waals surface area contributed by atoms with Gasteiger partial charge in [-0.1, -0.05) is 13.5 Å². The molecule has 2 rings (SSSR count). The van der Waals surface area contributed by atoms with Crippen molar-refractivity contribution in [3.63, 3.8) is 0 Å². The standard InChI is InChI=1S/C18H23FIN5O2/c1-3-13(19)15(17(21)27)11(2)9-12-10-23-18(24-16(12)20)22-6-8-25-7-4-5-14(25)26/h3,10-11H,1,4-9H2,2H3,(H2,21,27)(H,22,23,24)/b15-13-. The van der Waals surface area contributed by atoms with Crippen molar-refractivity contribution >= 4 is 40.4 Å². The van der Waals surface area contributed by atoms with E-state index in [0.29, 0.717) is 35.6 Å². The van der Waals surface area contributed by atoms with Crippen molar-refractivity contribution in [1.29, 1.82) is 0 Å². The fraction of sp³-hybridized carbons (Fsp3) is 0.444. The van der Waals surface area contributed by atoms with Gasteiger partial charge in [0.1, 0.15) is 9.53 Å². The molecule has 7 nitrogen and oxygen atoms in total. The van der Waals surface area contributed by atoms with Crippen LogP contribution in [-0.4, -0.2) is 46.3 Å². The summed E-state index contributed by atoms with van der Waals surface area (Å²) in [5, 5.41) is 3.10. The van der Waals surface area contributed by atoms with Crippen molar-refractivity contribution in [2.45, 2.75) is 26.2 Å². The van der Waals surface area contributed by atoms with E-state index in [9.17, 15) is 14.0 Å². The number of likely N-dealkylation sites (tertiary alicyclic amines) is 1. The molecule has 0 aliphatic carbocycles. The molecule has 1 aromatic rings. The van der Waals surface area contributed by atoms with E-state index in [0.717, 1.165) is 24.6 Å². The lowest BCUT2D eigenvalue weighted by atomic mass is 9.93. The molecule has 1 aliphatic heterocycles. The number of nitrogens with one attached hydrogen (secondary N) is 1. The van der Waals surface area contributed by atoms with Crippen LogP contribution in [0.3, 0.4) is 0 Å². The molecule has 0 aromatic carbocycles. The van der Waals surface area contributed by atoms with Crippen LogP contribution < -0.4 is 11.1 Å². The molecular weight excluding hydrogens is 464 g/mol. The van der Waals surface area contributed by atoms with Crippen LogP contribution in [0.1, 0.15) is 25.3 Å². The van der Waals surface area contributed by atoms with Gasteiger partial charge in [-0.2, -0.15) is 0 Å². The SMILES string of the molecule is C=C/C(F)=C(/C(N)=O)C(C)Cc1cnc(NCCN2CCCC2=O)nc1I. The Balaban J connectivity index is 1.98. The van der Waals surface area contributed by atoms with Gasteiger partial charge in [-0.15, -0.1) is 0 Å². The van der Waals surface area contributed by atoms with Crippen molar-refractivity contribution in [2.75, 3.05) is 25.0 Å². The largest absolute Gasteiger partial charge is 0.366 e. The first-order valence-electron chi connectivity index (χ1n) is 8.68. The number of aromatic nitrogens is 2. The van der Waals surface area contributed by atoms with Gasteiger partial charge in [0, 0.05) is 37.8 Å². The predicted octanol–water partition coefficient (Wildman–Crippen LogP) is 2.19. The molecule has 1 atom stereocenters. The monoisotopic (exact) mass is 487 g/mol. The zero-order valence-corrected chi connectivity index (χ0v) is 17.3. The molecule has 1 fully saturated rings. The summed E-state index contributed by atoms with van der Waals surface area (Å²) in [6, 6.07) is 0. The smallest absolute Gasteiger partial charge is 0.247 e. The molecule has 2 amide bonds. The number of nitrogens with two attached hydrogens (primary N) is 1. The molecule has 146 valence electrons. The van der Waals surface area contributed by atoms with Gasteiger partial charge in [-0.25, -0.2) is 14.4 Å². The van der Waals surface area contributed by atoms with Crippen LogP contribution in [0.15, 0.2) is 30.3 Å². The average molecular weight is 487 g/mol. The van der Waals surface area contributed by atoms with Gasteiger partial charge in [-0.3, -0.25) is 9.59 Å². The summed E-state index contributed by atoms with van der Waals surface area (Å²) < 4.78 is 14.6. The molecule has 1 saturated heterocycles. The van der Waals surface area contributed by atoms with Crippen molar-refractivity contribution in [3.05, 3.63) is 39.5 Å². The zero-order chi connectivity index (χ0) is 20.0. The van der Waals surface area contributed by atoms with Crippen LogP contribution in [0, 0.1) is 9.62 Å². The van der Waals surface area contributed by atoms with Crippen LogP contribution in [-0.2, 0) is 16.0 Å². The third kappa shape index (κ3) is 5.72. The number of nitrogens with zero attached hydrogens (tertiary/aromatic N) is 3. The van der Waals surface area contributed by atoms with Crippen molar-refractivity contribution in [2.24, 2.45) is 11.7 Å². The number of halogens is 2. The molecule has 1 unspecified atom stereocenters. The number of hydrogen-bond donors (Lipinski definition) is 2. The minimum Gasteiger partial charge on any atom is -0.366 e. The lowest BCUT2D eigenvalue weighted by Gasteiger charge is -2.16. The van der Waals surface area contributed by atoms with Crippen molar-refractivity contribution in [1.82, 2.24) is 14.9 Å². The summed E-state index contributed by atoms with van der Waals surface area (Å²) in [6.45, 7) is 7.05. The van der Waals surface area contributed by atoms with Crippen LogP contribution in [0.25, 0.3) is 0 Å². The second-order valence-electron chi connectivity index (χ2n) is 6.36. The quantitative estimate of drug-likeness (QED) is 0.241. The predicted molar refractivity (Wildman–Crippen MR) is 109 cm³/mol. The fourth-order valence-corrected chi connectivity index (χ4v) is 3.58. The summed E-state index contributed by atoms with van der Waals surface area (Å²) in [5.74, 6) is -1.30. The summed E-state index contributed by atoms with van der Waals surface area (Å²) in [5.41, 5.74) is 6.00. The van der Waals surface area contributed by atoms with Crippen LogP contribution >= 0.6 is 22.6 Å². The highest BCUT2D eigenvalue weighted by Gasteiger charge is 2.21. The number of allylic oxidation sites excluding steroid dienone is 2. The Kier molecular flexibility index (Phi) is 7.69. The van der Waals surface area contributed by atoms with Crippen molar-refractivity contribution in [3.8, 4) is 0 Å². The van der Waals surface area contributed by atoms with Gasteiger partial charge in [0.2, 0.25) is 17.8 Å². The number of carbonyl (C=O) groups is 2. The minimum atomic E-state index is -0.800. The summed E-state index contributed by atoms with van der Waals surface area (Å²) >= 11 is 2.08. The molecule has 3 N–H and O–H groups in total. The number of rotatable bonds is 9. The van der Waals surface area contributed by atoms with Gasteiger partial charge in [0.25, 0.3) is 0 Å². The third-order valence-electron chi connectivity index (χ3n) is 4.37. The number of hydrogen-bond acceptors (Lipinski definition) is 5. The number of amides is 2. The first-order chi connectivity index (χ1) is 12.8. The number of carbonyl (C=O) groups excluding carboxylic acids is 2. The molecule has 9 heteroatoms. The summed E-state index contributed by atoms with van der Waals surface area (Å²) in [4.78, 5) is 33.6. The Bertz CT molecular complexity index is 768. The van der Waals surface area contributed by atoms with E-state index in [1.54, 1.807) is 13.1 Å². The van der Waals surface area contributed by atoms with E-state index < -0.39 is 17.7 Å². The molecule has 1 aromatic heterocycles. The Morgan fingerprint density at radius 2 is 2.33 bits per heavy atom. The van der Waals surface area contributed by atoms with Crippen LogP contribution in [0.5, 0.6) is 0 Å². The lowest BCUT2D eigenvalue weighted by molar-refractivity contribution is -0.127. The van der Waals surface area contributed by atoms with Crippen LogP contribution in [0.4, 0.5) is 10.3 Å². The minimum absolute atomic E-state index is 0.0849. The van der Waals surface area contributed by atoms with Gasteiger partial charge < -0.3 is 16.0 Å². The van der Waals surface area contributed by atoms with Gasteiger partial charge in [0.15, 0.2) is 0 Å².